The van der Waals surface area contributed by atoms with E-state index in [1.54, 1.807) is 12.1 Å². The summed E-state index contributed by atoms with van der Waals surface area (Å²) in [5.41, 5.74) is 6.34. The molecule has 0 radical (unpaired) electrons. The Hall–Kier alpha value is -1.38. The smallest absolute Gasteiger partial charge is 0.217 e. The van der Waals surface area contributed by atoms with Gasteiger partial charge in [0.15, 0.2) is 5.96 Å². The van der Waals surface area contributed by atoms with Gasteiger partial charge < -0.3 is 16.0 Å². The van der Waals surface area contributed by atoms with Gasteiger partial charge in [-0.2, -0.15) is 0 Å². The van der Waals surface area contributed by atoms with Crippen molar-refractivity contribution in [1.29, 1.82) is 0 Å². The lowest BCUT2D eigenvalue weighted by molar-refractivity contribution is -0.119. The number of benzene rings is 1. The van der Waals surface area contributed by atoms with Crippen LogP contribution in [-0.2, 0) is 11.2 Å². The Kier molecular flexibility index (Phi) is 10.5. The second-order valence-corrected chi connectivity index (χ2v) is 6.59. The van der Waals surface area contributed by atoms with Gasteiger partial charge in [0.25, 0.3) is 0 Å². The number of halogens is 2. The molecule has 1 amide bonds. The number of hydrogen-bond donors (Lipinski definition) is 2. The van der Waals surface area contributed by atoms with Gasteiger partial charge in [-0.3, -0.25) is 9.79 Å². The summed E-state index contributed by atoms with van der Waals surface area (Å²) in [5.74, 6) is 0.783. The molecule has 0 bridgehead atoms. The predicted molar refractivity (Wildman–Crippen MR) is 114 cm³/mol. The fourth-order valence-electron chi connectivity index (χ4n) is 3.30. The van der Waals surface area contributed by atoms with Crippen molar-refractivity contribution in [2.75, 3.05) is 26.2 Å². The quantitative estimate of drug-likeness (QED) is 0.275. The summed E-state index contributed by atoms with van der Waals surface area (Å²) in [6, 6.07) is 6.72. The number of rotatable bonds is 7. The lowest BCUT2D eigenvalue weighted by atomic mass is 9.95. The number of nitrogens with zero attached hydrogens (tertiary/aromatic N) is 2. The van der Waals surface area contributed by atoms with Crippen molar-refractivity contribution in [1.82, 2.24) is 10.2 Å². The number of carbonyl (C=O) groups excluding carboxylic acids is 1. The molecule has 1 aliphatic rings. The highest BCUT2D eigenvalue weighted by molar-refractivity contribution is 14.0. The number of primary amides is 1. The molecule has 1 saturated heterocycles. The molecule has 2 rings (SSSR count). The summed E-state index contributed by atoms with van der Waals surface area (Å²) in [6.07, 6.45) is 4.21. The molecule has 1 aliphatic heterocycles. The van der Waals surface area contributed by atoms with Gasteiger partial charge in [-0.1, -0.05) is 12.1 Å². The molecule has 146 valence electrons. The van der Waals surface area contributed by atoms with Crippen LogP contribution in [0.15, 0.2) is 29.3 Å². The Morgan fingerprint density at radius 2 is 2.27 bits per heavy atom. The molecule has 1 unspecified atom stereocenters. The molecule has 0 spiro atoms. The van der Waals surface area contributed by atoms with Gasteiger partial charge >= 0.3 is 0 Å². The van der Waals surface area contributed by atoms with Crippen LogP contribution in [0.4, 0.5) is 4.39 Å². The van der Waals surface area contributed by atoms with Crippen molar-refractivity contribution in [2.24, 2.45) is 16.6 Å². The summed E-state index contributed by atoms with van der Waals surface area (Å²) in [4.78, 5) is 18.1. The van der Waals surface area contributed by atoms with E-state index in [4.69, 9.17) is 10.7 Å². The molecular formula is C19H30FIN4O. The summed E-state index contributed by atoms with van der Waals surface area (Å²) < 4.78 is 13.2. The molecule has 1 aromatic carbocycles. The third-order valence-electron chi connectivity index (χ3n) is 4.42. The Morgan fingerprint density at radius 1 is 1.46 bits per heavy atom. The number of carbonyl (C=O) groups is 1. The van der Waals surface area contributed by atoms with Gasteiger partial charge in [0.2, 0.25) is 5.91 Å². The number of hydrogen-bond acceptors (Lipinski definition) is 2. The van der Waals surface area contributed by atoms with Crippen LogP contribution >= 0.6 is 24.0 Å². The highest BCUT2D eigenvalue weighted by atomic mass is 127. The van der Waals surface area contributed by atoms with Gasteiger partial charge in [-0.05, 0) is 56.2 Å². The van der Waals surface area contributed by atoms with Crippen LogP contribution in [0, 0.1) is 11.7 Å². The lowest BCUT2D eigenvalue weighted by Crippen LogP contribution is -2.47. The summed E-state index contributed by atoms with van der Waals surface area (Å²) in [5, 5.41) is 3.33. The standard InChI is InChI=1S/C19H29FN4O.HI/c1-2-22-19(24-11-5-8-16(14-24)13-18(21)25)23-10-4-7-15-6-3-9-17(20)12-15;/h3,6,9,12,16H,2,4-5,7-8,10-11,13-14H2,1H3,(H2,21,25)(H,22,23);1H. The number of amides is 1. The molecule has 5 nitrogen and oxygen atoms in total. The van der Waals surface area contributed by atoms with Crippen LogP contribution in [0.25, 0.3) is 0 Å². The minimum Gasteiger partial charge on any atom is -0.370 e. The molecule has 26 heavy (non-hydrogen) atoms. The predicted octanol–water partition coefficient (Wildman–Crippen LogP) is 2.93. The van der Waals surface area contributed by atoms with E-state index in [9.17, 15) is 9.18 Å². The zero-order valence-corrected chi connectivity index (χ0v) is 17.7. The average Bonchev–Trinajstić information content (AvgIpc) is 2.57. The van der Waals surface area contributed by atoms with Gasteiger partial charge in [0.1, 0.15) is 5.82 Å². The SMILES string of the molecule is CCNC(=NCCCc1cccc(F)c1)N1CCCC(CC(N)=O)C1.I. The van der Waals surface area contributed by atoms with Crippen LogP contribution in [-0.4, -0.2) is 42.9 Å². The maximum atomic E-state index is 13.2. The molecule has 3 N–H and O–H groups in total. The van der Waals surface area contributed by atoms with E-state index in [1.165, 1.54) is 6.07 Å². The van der Waals surface area contributed by atoms with Crippen molar-refractivity contribution in [3.05, 3.63) is 35.6 Å². The number of guanidine groups is 1. The molecule has 0 aliphatic carbocycles. The van der Waals surface area contributed by atoms with Crippen LogP contribution < -0.4 is 11.1 Å². The first kappa shape index (κ1) is 22.7. The van der Waals surface area contributed by atoms with Crippen LogP contribution in [0.5, 0.6) is 0 Å². The van der Waals surface area contributed by atoms with Gasteiger partial charge in [0.05, 0.1) is 0 Å². The maximum absolute atomic E-state index is 13.2. The Balaban J connectivity index is 0.00000338. The molecule has 1 fully saturated rings. The van der Waals surface area contributed by atoms with Crippen molar-refractivity contribution >= 4 is 35.8 Å². The summed E-state index contributed by atoms with van der Waals surface area (Å²) in [6.45, 7) is 5.31. The van der Waals surface area contributed by atoms with E-state index in [0.29, 0.717) is 18.9 Å². The first-order valence-corrected chi connectivity index (χ1v) is 9.14. The van der Waals surface area contributed by atoms with E-state index in [0.717, 1.165) is 56.8 Å². The van der Waals surface area contributed by atoms with Crippen molar-refractivity contribution in [3.63, 3.8) is 0 Å². The topological polar surface area (TPSA) is 70.7 Å². The summed E-state index contributed by atoms with van der Waals surface area (Å²) >= 11 is 0. The molecule has 1 aromatic rings. The third-order valence-corrected chi connectivity index (χ3v) is 4.42. The zero-order chi connectivity index (χ0) is 18.1. The van der Waals surface area contributed by atoms with Crippen molar-refractivity contribution < 1.29 is 9.18 Å². The third kappa shape index (κ3) is 7.88. The molecule has 0 aromatic heterocycles. The first-order valence-electron chi connectivity index (χ1n) is 9.14. The van der Waals surface area contributed by atoms with Crippen LogP contribution in [0.1, 0.15) is 38.2 Å². The normalized spacial score (nSPS) is 17.5. The molecule has 0 saturated carbocycles. The number of likely N-dealkylation sites (tertiary alicyclic amines) is 1. The lowest BCUT2D eigenvalue weighted by Gasteiger charge is -2.34. The van der Waals surface area contributed by atoms with E-state index < -0.39 is 0 Å². The van der Waals surface area contributed by atoms with E-state index >= 15 is 0 Å². The number of nitrogens with two attached hydrogens (primary N) is 1. The largest absolute Gasteiger partial charge is 0.370 e. The van der Waals surface area contributed by atoms with E-state index in [-0.39, 0.29) is 35.7 Å². The molecule has 1 atom stereocenters. The Bertz CT molecular complexity index is 597. The highest BCUT2D eigenvalue weighted by Gasteiger charge is 2.23. The molecule has 1 heterocycles. The second-order valence-electron chi connectivity index (χ2n) is 6.59. The second kappa shape index (κ2) is 12.1. The first-order chi connectivity index (χ1) is 12.1. The number of aryl methyl sites for hydroxylation is 1. The van der Waals surface area contributed by atoms with Gasteiger partial charge in [-0.15, -0.1) is 24.0 Å². The Labute approximate surface area is 172 Å². The minimum atomic E-state index is -0.233. The molecular weight excluding hydrogens is 446 g/mol. The highest BCUT2D eigenvalue weighted by Crippen LogP contribution is 2.19. The number of nitrogens with one attached hydrogen (secondary N) is 1. The van der Waals surface area contributed by atoms with Crippen molar-refractivity contribution in [2.45, 2.75) is 39.0 Å². The van der Waals surface area contributed by atoms with E-state index in [1.807, 2.05) is 13.0 Å². The monoisotopic (exact) mass is 476 g/mol. The minimum absolute atomic E-state index is 0. The van der Waals surface area contributed by atoms with Crippen molar-refractivity contribution in [3.8, 4) is 0 Å². The van der Waals surface area contributed by atoms with Gasteiger partial charge in [-0.25, -0.2) is 4.39 Å². The number of piperidine rings is 1. The van der Waals surface area contributed by atoms with Gasteiger partial charge in [0, 0.05) is 32.6 Å². The Morgan fingerprint density at radius 3 is 2.96 bits per heavy atom. The zero-order valence-electron chi connectivity index (χ0n) is 15.4. The fraction of sp³-hybridized carbons (Fsp3) is 0.579. The van der Waals surface area contributed by atoms with Crippen LogP contribution in [0.3, 0.4) is 0 Å². The van der Waals surface area contributed by atoms with E-state index in [2.05, 4.69) is 10.2 Å². The van der Waals surface area contributed by atoms with Crippen LogP contribution in [0.2, 0.25) is 0 Å². The molecule has 7 heteroatoms. The maximum Gasteiger partial charge on any atom is 0.217 e. The number of aliphatic imine (C=N–C) groups is 1. The average molecular weight is 476 g/mol. The summed E-state index contributed by atoms with van der Waals surface area (Å²) in [7, 11) is 0. The fourth-order valence-corrected chi connectivity index (χ4v) is 3.30.